The maximum absolute atomic E-state index is 5.70. The summed E-state index contributed by atoms with van der Waals surface area (Å²) in [6, 6.07) is 8.86. The van der Waals surface area contributed by atoms with Gasteiger partial charge in [-0.15, -0.1) is 11.8 Å². The fourth-order valence-electron chi connectivity index (χ4n) is 2.30. The average Bonchev–Trinajstić information content (AvgIpc) is 2.28. The maximum atomic E-state index is 5.70. The monoisotopic (exact) mass is 236 g/mol. The number of hydrogen-bond donors (Lipinski definition) is 2. The molecule has 1 unspecified atom stereocenters. The van der Waals surface area contributed by atoms with Crippen LogP contribution >= 0.6 is 11.8 Å². The Morgan fingerprint density at radius 1 is 1.44 bits per heavy atom. The Morgan fingerprint density at radius 2 is 2.19 bits per heavy atom. The summed E-state index contributed by atoms with van der Waals surface area (Å²) in [4.78, 5) is 1.34. The van der Waals surface area contributed by atoms with E-state index in [0.717, 1.165) is 5.92 Å². The molecule has 1 aliphatic carbocycles. The van der Waals surface area contributed by atoms with Crippen LogP contribution in [-0.4, -0.2) is 6.26 Å². The summed E-state index contributed by atoms with van der Waals surface area (Å²) < 4.78 is 0. The Morgan fingerprint density at radius 3 is 2.75 bits per heavy atom. The van der Waals surface area contributed by atoms with Crippen LogP contribution in [0.2, 0.25) is 0 Å². The van der Waals surface area contributed by atoms with E-state index < -0.39 is 0 Å². The number of hydrazine groups is 1. The van der Waals surface area contributed by atoms with Gasteiger partial charge in [0.25, 0.3) is 0 Å². The molecule has 0 heterocycles. The van der Waals surface area contributed by atoms with Crippen molar-refractivity contribution in [1.82, 2.24) is 5.43 Å². The number of nitrogens with one attached hydrogen (secondary N) is 1. The molecule has 0 aromatic heterocycles. The Labute approximate surface area is 102 Å². The fourth-order valence-corrected chi connectivity index (χ4v) is 2.96. The normalized spacial score (nSPS) is 18.1. The molecule has 3 N–H and O–H groups in total. The third kappa shape index (κ3) is 2.59. The van der Waals surface area contributed by atoms with Crippen LogP contribution in [0, 0.1) is 5.92 Å². The molecule has 0 aliphatic heterocycles. The maximum Gasteiger partial charge on any atom is 0.0473 e. The van der Waals surface area contributed by atoms with Crippen molar-refractivity contribution in [3.05, 3.63) is 29.8 Å². The summed E-state index contributed by atoms with van der Waals surface area (Å²) in [5.41, 5.74) is 4.33. The second-order valence-electron chi connectivity index (χ2n) is 4.49. The number of hydrogen-bond acceptors (Lipinski definition) is 3. The minimum Gasteiger partial charge on any atom is -0.271 e. The molecule has 3 heteroatoms. The summed E-state index contributed by atoms with van der Waals surface area (Å²) in [6.45, 7) is 0. The second kappa shape index (κ2) is 5.71. The van der Waals surface area contributed by atoms with Crippen molar-refractivity contribution in [2.75, 3.05) is 6.26 Å². The predicted octanol–water partition coefficient (Wildman–Crippen LogP) is 3.10. The van der Waals surface area contributed by atoms with Gasteiger partial charge in [0.15, 0.2) is 0 Å². The zero-order chi connectivity index (χ0) is 11.4. The first-order chi connectivity index (χ1) is 7.85. The fraction of sp³-hybridized carbons (Fsp3) is 0.538. The van der Waals surface area contributed by atoms with E-state index >= 15 is 0 Å². The molecule has 0 saturated heterocycles. The molecule has 1 fully saturated rings. The van der Waals surface area contributed by atoms with Gasteiger partial charge in [-0.2, -0.15) is 0 Å². The SMILES string of the molecule is CSc1ccccc1C(CC1CCC1)NN. The van der Waals surface area contributed by atoms with E-state index in [1.54, 1.807) is 11.8 Å². The van der Waals surface area contributed by atoms with E-state index in [-0.39, 0.29) is 0 Å². The van der Waals surface area contributed by atoms with Gasteiger partial charge in [-0.25, -0.2) is 0 Å². The summed E-state index contributed by atoms with van der Waals surface area (Å²) in [7, 11) is 0. The first-order valence-electron chi connectivity index (χ1n) is 5.94. The molecule has 1 atom stereocenters. The topological polar surface area (TPSA) is 38.0 Å². The zero-order valence-electron chi connectivity index (χ0n) is 9.78. The predicted molar refractivity (Wildman–Crippen MR) is 70.2 cm³/mol. The summed E-state index contributed by atoms with van der Waals surface area (Å²) in [5, 5.41) is 0. The molecular formula is C13H20N2S. The molecule has 0 bridgehead atoms. The molecule has 1 aliphatic rings. The number of nitrogens with two attached hydrogens (primary N) is 1. The first kappa shape index (κ1) is 12.0. The van der Waals surface area contributed by atoms with Crippen molar-refractivity contribution in [3.63, 3.8) is 0 Å². The number of rotatable bonds is 5. The second-order valence-corrected chi connectivity index (χ2v) is 5.34. The summed E-state index contributed by atoms with van der Waals surface area (Å²) >= 11 is 1.80. The van der Waals surface area contributed by atoms with E-state index in [0.29, 0.717) is 6.04 Å². The molecule has 0 amide bonds. The average molecular weight is 236 g/mol. The van der Waals surface area contributed by atoms with Gasteiger partial charge in [0.1, 0.15) is 0 Å². The Balaban J connectivity index is 2.11. The van der Waals surface area contributed by atoms with Gasteiger partial charge in [0.2, 0.25) is 0 Å². The molecule has 1 aromatic carbocycles. The van der Waals surface area contributed by atoms with Crippen LogP contribution in [0.1, 0.15) is 37.3 Å². The lowest BCUT2D eigenvalue weighted by Crippen LogP contribution is -2.31. The van der Waals surface area contributed by atoms with E-state index in [9.17, 15) is 0 Å². The van der Waals surface area contributed by atoms with Crippen LogP contribution in [0.25, 0.3) is 0 Å². The smallest absolute Gasteiger partial charge is 0.0473 e. The highest BCUT2D eigenvalue weighted by atomic mass is 32.2. The minimum atomic E-state index is 0.314. The van der Waals surface area contributed by atoms with Gasteiger partial charge in [-0.3, -0.25) is 11.3 Å². The van der Waals surface area contributed by atoms with Gasteiger partial charge in [-0.1, -0.05) is 37.5 Å². The molecule has 16 heavy (non-hydrogen) atoms. The molecule has 1 aromatic rings. The molecule has 1 saturated carbocycles. The van der Waals surface area contributed by atoms with Crippen LogP contribution in [0.15, 0.2) is 29.2 Å². The molecule has 2 nitrogen and oxygen atoms in total. The van der Waals surface area contributed by atoms with Gasteiger partial charge in [-0.05, 0) is 30.2 Å². The first-order valence-corrected chi connectivity index (χ1v) is 7.16. The van der Waals surface area contributed by atoms with Gasteiger partial charge < -0.3 is 0 Å². The molecule has 0 radical (unpaired) electrons. The summed E-state index contributed by atoms with van der Waals surface area (Å²) in [6.07, 6.45) is 7.44. The third-order valence-corrected chi connectivity index (χ3v) is 4.32. The van der Waals surface area contributed by atoms with Crippen LogP contribution in [0.4, 0.5) is 0 Å². The number of thioether (sulfide) groups is 1. The van der Waals surface area contributed by atoms with Gasteiger partial charge in [0, 0.05) is 10.9 Å². The quantitative estimate of drug-likeness (QED) is 0.469. The lowest BCUT2D eigenvalue weighted by Gasteiger charge is -2.30. The van der Waals surface area contributed by atoms with Crippen molar-refractivity contribution in [2.45, 2.75) is 36.6 Å². The van der Waals surface area contributed by atoms with Crippen molar-refractivity contribution in [1.29, 1.82) is 0 Å². The molecule has 88 valence electrons. The van der Waals surface area contributed by atoms with Crippen LogP contribution in [0.5, 0.6) is 0 Å². The lowest BCUT2D eigenvalue weighted by molar-refractivity contribution is 0.261. The molecule has 2 rings (SSSR count). The zero-order valence-corrected chi connectivity index (χ0v) is 10.6. The molecular weight excluding hydrogens is 216 g/mol. The van der Waals surface area contributed by atoms with Crippen LogP contribution < -0.4 is 11.3 Å². The third-order valence-electron chi connectivity index (χ3n) is 3.51. The molecule has 0 spiro atoms. The highest BCUT2D eigenvalue weighted by molar-refractivity contribution is 7.98. The van der Waals surface area contributed by atoms with Crippen molar-refractivity contribution in [2.24, 2.45) is 11.8 Å². The minimum absolute atomic E-state index is 0.314. The Bertz CT molecular complexity index is 336. The van der Waals surface area contributed by atoms with E-state index in [1.807, 2.05) is 0 Å². The van der Waals surface area contributed by atoms with Crippen molar-refractivity contribution in [3.8, 4) is 0 Å². The van der Waals surface area contributed by atoms with E-state index in [2.05, 4.69) is 35.9 Å². The highest BCUT2D eigenvalue weighted by Gasteiger charge is 2.23. The highest BCUT2D eigenvalue weighted by Crippen LogP contribution is 2.36. The Hall–Kier alpha value is -0.510. The standard InChI is InChI=1S/C13H20N2S/c1-16-13-8-3-2-7-11(13)12(15-14)9-10-5-4-6-10/h2-3,7-8,10,12,15H,4-6,9,14H2,1H3. The van der Waals surface area contributed by atoms with E-state index in [1.165, 1.54) is 36.1 Å². The van der Waals surface area contributed by atoms with Crippen LogP contribution in [0.3, 0.4) is 0 Å². The van der Waals surface area contributed by atoms with Gasteiger partial charge in [0.05, 0.1) is 0 Å². The van der Waals surface area contributed by atoms with Crippen molar-refractivity contribution < 1.29 is 0 Å². The summed E-state index contributed by atoms with van der Waals surface area (Å²) in [5.74, 6) is 6.57. The van der Waals surface area contributed by atoms with Crippen LogP contribution in [-0.2, 0) is 0 Å². The number of benzene rings is 1. The van der Waals surface area contributed by atoms with Crippen molar-refractivity contribution >= 4 is 11.8 Å². The lowest BCUT2D eigenvalue weighted by atomic mass is 9.80. The largest absolute Gasteiger partial charge is 0.271 e. The Kier molecular flexibility index (Phi) is 4.27. The van der Waals surface area contributed by atoms with E-state index in [4.69, 9.17) is 5.84 Å². The van der Waals surface area contributed by atoms with Gasteiger partial charge >= 0.3 is 0 Å².